The van der Waals surface area contributed by atoms with Gasteiger partial charge in [0.15, 0.2) is 0 Å². The molecule has 0 saturated carbocycles. The van der Waals surface area contributed by atoms with Crippen LogP contribution in [-0.2, 0) is 4.79 Å². The van der Waals surface area contributed by atoms with Crippen molar-refractivity contribution in [3.05, 3.63) is 22.7 Å². The Morgan fingerprint density at radius 3 is 2.58 bits per heavy atom. The van der Waals surface area contributed by atoms with Gasteiger partial charge in [-0.15, -0.1) is 0 Å². The Morgan fingerprint density at radius 2 is 2.11 bits per heavy atom. The number of carbonyl (C=O) groups excluding carboxylic acids is 1. The predicted octanol–water partition coefficient (Wildman–Crippen LogP) is 3.22. The molecule has 1 atom stereocenters. The van der Waals surface area contributed by atoms with Crippen molar-refractivity contribution in [3.63, 3.8) is 0 Å². The minimum absolute atomic E-state index is 0.0295. The standard InChI is InChI=1S/C14H17BrN2O2/c1-9(2)11(8-16)14(18)17(3)12-7-10(15)5-6-13(12)19-4/h5-7,9,11H,1-4H3. The molecule has 0 aliphatic rings. The third-order valence-corrected chi connectivity index (χ3v) is 3.40. The van der Waals surface area contributed by atoms with Crippen molar-refractivity contribution < 1.29 is 9.53 Å². The molecule has 1 aromatic carbocycles. The summed E-state index contributed by atoms with van der Waals surface area (Å²) in [6, 6.07) is 7.47. The lowest BCUT2D eigenvalue weighted by molar-refractivity contribution is -0.121. The second-order valence-corrected chi connectivity index (χ2v) is 5.48. The van der Waals surface area contributed by atoms with Crippen LogP contribution in [0.4, 0.5) is 5.69 Å². The van der Waals surface area contributed by atoms with Crippen molar-refractivity contribution in [2.75, 3.05) is 19.1 Å². The number of hydrogen-bond donors (Lipinski definition) is 0. The van der Waals surface area contributed by atoms with Crippen LogP contribution in [0.2, 0.25) is 0 Å². The summed E-state index contributed by atoms with van der Waals surface area (Å²) in [6.07, 6.45) is 0. The largest absolute Gasteiger partial charge is 0.495 e. The molecule has 0 fully saturated rings. The van der Waals surface area contributed by atoms with Gasteiger partial charge in [-0.2, -0.15) is 5.26 Å². The summed E-state index contributed by atoms with van der Waals surface area (Å²) < 4.78 is 6.10. The van der Waals surface area contributed by atoms with E-state index in [2.05, 4.69) is 22.0 Å². The van der Waals surface area contributed by atoms with E-state index in [1.54, 1.807) is 26.3 Å². The second-order valence-electron chi connectivity index (χ2n) is 4.56. The fourth-order valence-corrected chi connectivity index (χ4v) is 2.09. The maximum absolute atomic E-state index is 12.3. The number of nitriles is 1. The van der Waals surface area contributed by atoms with Gasteiger partial charge in [0.05, 0.1) is 18.9 Å². The smallest absolute Gasteiger partial charge is 0.244 e. The molecule has 4 nitrogen and oxygen atoms in total. The maximum Gasteiger partial charge on any atom is 0.244 e. The predicted molar refractivity (Wildman–Crippen MR) is 78.0 cm³/mol. The number of anilines is 1. The number of benzene rings is 1. The molecule has 0 radical (unpaired) electrons. The normalized spacial score (nSPS) is 11.8. The van der Waals surface area contributed by atoms with Crippen molar-refractivity contribution in [2.45, 2.75) is 13.8 Å². The number of hydrogen-bond acceptors (Lipinski definition) is 3. The summed E-state index contributed by atoms with van der Waals surface area (Å²) in [6.45, 7) is 3.72. The Balaban J connectivity index is 3.13. The first-order chi connectivity index (χ1) is 8.92. The molecule has 102 valence electrons. The van der Waals surface area contributed by atoms with Gasteiger partial charge in [0, 0.05) is 11.5 Å². The molecule has 19 heavy (non-hydrogen) atoms. The van der Waals surface area contributed by atoms with Crippen molar-refractivity contribution in [1.82, 2.24) is 0 Å². The summed E-state index contributed by atoms with van der Waals surface area (Å²) in [5.41, 5.74) is 0.641. The fraction of sp³-hybridized carbons (Fsp3) is 0.429. The average molecular weight is 325 g/mol. The van der Waals surface area contributed by atoms with Crippen LogP contribution in [-0.4, -0.2) is 20.1 Å². The quantitative estimate of drug-likeness (QED) is 0.854. The summed E-state index contributed by atoms with van der Waals surface area (Å²) in [7, 11) is 3.20. The van der Waals surface area contributed by atoms with Crippen LogP contribution in [0.15, 0.2) is 22.7 Å². The van der Waals surface area contributed by atoms with Crippen LogP contribution in [0.3, 0.4) is 0 Å². The number of carbonyl (C=O) groups is 1. The monoisotopic (exact) mass is 324 g/mol. The van der Waals surface area contributed by atoms with Crippen molar-refractivity contribution in [1.29, 1.82) is 5.26 Å². The fourth-order valence-electron chi connectivity index (χ4n) is 1.74. The number of nitrogens with zero attached hydrogens (tertiary/aromatic N) is 2. The number of rotatable bonds is 4. The topological polar surface area (TPSA) is 53.3 Å². The molecule has 0 N–H and O–H groups in total. The molecule has 1 amide bonds. The van der Waals surface area contributed by atoms with Gasteiger partial charge in [-0.25, -0.2) is 0 Å². The number of methoxy groups -OCH3 is 1. The van der Waals surface area contributed by atoms with Crippen LogP contribution in [0, 0.1) is 23.2 Å². The van der Waals surface area contributed by atoms with Crippen LogP contribution in [0.1, 0.15) is 13.8 Å². The van der Waals surface area contributed by atoms with Gasteiger partial charge in [0.2, 0.25) is 5.91 Å². The highest BCUT2D eigenvalue weighted by Crippen LogP contribution is 2.32. The molecule has 5 heteroatoms. The highest BCUT2D eigenvalue weighted by Gasteiger charge is 2.27. The van der Waals surface area contributed by atoms with Gasteiger partial charge in [-0.1, -0.05) is 29.8 Å². The van der Waals surface area contributed by atoms with E-state index in [-0.39, 0.29) is 11.8 Å². The van der Waals surface area contributed by atoms with Crippen molar-refractivity contribution in [2.24, 2.45) is 11.8 Å². The zero-order valence-electron chi connectivity index (χ0n) is 11.5. The first kappa shape index (κ1) is 15.5. The van der Waals surface area contributed by atoms with E-state index in [9.17, 15) is 4.79 Å². The summed E-state index contributed by atoms with van der Waals surface area (Å²) in [5.74, 6) is -0.319. The summed E-state index contributed by atoms with van der Waals surface area (Å²) in [4.78, 5) is 13.8. The second kappa shape index (κ2) is 6.58. The zero-order chi connectivity index (χ0) is 14.6. The lowest BCUT2D eigenvalue weighted by Crippen LogP contribution is -2.34. The number of halogens is 1. The Morgan fingerprint density at radius 1 is 1.47 bits per heavy atom. The third-order valence-electron chi connectivity index (χ3n) is 2.90. The van der Waals surface area contributed by atoms with E-state index >= 15 is 0 Å². The molecule has 0 spiro atoms. The highest BCUT2D eigenvalue weighted by molar-refractivity contribution is 9.10. The summed E-state index contributed by atoms with van der Waals surface area (Å²) in [5, 5.41) is 9.11. The van der Waals surface area contributed by atoms with Crippen molar-refractivity contribution in [3.8, 4) is 11.8 Å². The first-order valence-corrected chi connectivity index (χ1v) is 6.72. The maximum atomic E-state index is 12.3. The first-order valence-electron chi connectivity index (χ1n) is 5.93. The minimum atomic E-state index is -0.659. The molecule has 0 aliphatic carbocycles. The molecule has 1 rings (SSSR count). The van der Waals surface area contributed by atoms with Crippen molar-refractivity contribution >= 4 is 27.5 Å². The molecule has 1 aromatic rings. The minimum Gasteiger partial charge on any atom is -0.495 e. The van der Waals surface area contributed by atoms with Gasteiger partial charge >= 0.3 is 0 Å². The van der Waals surface area contributed by atoms with Gasteiger partial charge in [-0.05, 0) is 24.1 Å². The molecule has 0 heterocycles. The van der Waals surface area contributed by atoms with Gasteiger partial charge < -0.3 is 9.64 Å². The van der Waals surface area contributed by atoms with Crippen LogP contribution < -0.4 is 9.64 Å². The SMILES string of the molecule is COc1ccc(Br)cc1N(C)C(=O)C(C#N)C(C)C. The van der Waals surface area contributed by atoms with E-state index in [0.29, 0.717) is 11.4 Å². The molecule has 0 aliphatic heterocycles. The third kappa shape index (κ3) is 3.48. The lowest BCUT2D eigenvalue weighted by atomic mass is 9.96. The Bertz CT molecular complexity index is 509. The molecule has 0 saturated heterocycles. The Labute approximate surface area is 122 Å². The van der Waals surface area contributed by atoms with Gasteiger partial charge in [0.25, 0.3) is 0 Å². The lowest BCUT2D eigenvalue weighted by Gasteiger charge is -2.23. The van der Waals surface area contributed by atoms with E-state index in [4.69, 9.17) is 10.00 Å². The van der Waals surface area contributed by atoms with Crippen LogP contribution in [0.5, 0.6) is 5.75 Å². The van der Waals surface area contributed by atoms with Gasteiger partial charge in [-0.3, -0.25) is 4.79 Å². The molecule has 0 bridgehead atoms. The van der Waals surface area contributed by atoms with E-state index in [1.165, 1.54) is 4.90 Å². The van der Waals surface area contributed by atoms with Gasteiger partial charge in [0.1, 0.15) is 11.7 Å². The Hall–Kier alpha value is -1.54. The van der Waals surface area contributed by atoms with E-state index in [0.717, 1.165) is 4.47 Å². The average Bonchev–Trinajstić information content (AvgIpc) is 2.38. The van der Waals surface area contributed by atoms with E-state index < -0.39 is 5.92 Å². The molecular weight excluding hydrogens is 308 g/mol. The van der Waals surface area contributed by atoms with E-state index in [1.807, 2.05) is 19.9 Å². The molecule has 1 unspecified atom stereocenters. The van der Waals surface area contributed by atoms with Crippen LogP contribution in [0.25, 0.3) is 0 Å². The number of ether oxygens (including phenoxy) is 1. The zero-order valence-corrected chi connectivity index (χ0v) is 13.1. The molecular formula is C14H17BrN2O2. The number of amides is 1. The Kier molecular flexibility index (Phi) is 5.37. The molecule has 0 aromatic heterocycles. The van der Waals surface area contributed by atoms with Crippen LogP contribution >= 0.6 is 15.9 Å². The highest BCUT2D eigenvalue weighted by atomic mass is 79.9. The summed E-state index contributed by atoms with van der Waals surface area (Å²) >= 11 is 3.37.